The first kappa shape index (κ1) is 14.8. The second kappa shape index (κ2) is 7.27. The van der Waals surface area contributed by atoms with Crippen LogP contribution in [0.3, 0.4) is 0 Å². The van der Waals surface area contributed by atoms with Gasteiger partial charge in [0.25, 0.3) is 0 Å². The average molecular weight is 327 g/mol. The Morgan fingerprint density at radius 2 is 2.05 bits per heavy atom. The summed E-state index contributed by atoms with van der Waals surface area (Å²) in [7, 11) is 0. The fraction of sp³-hybridized carbons (Fsp3) is 0.600. The van der Waals surface area contributed by atoms with Gasteiger partial charge in [-0.1, -0.05) is 28.4 Å². The quantitative estimate of drug-likeness (QED) is 0.901. The SMILES string of the molecule is CC(N)c1ccc(OCCN2CCCCC2)cc1Br. The molecule has 19 heavy (non-hydrogen) atoms. The van der Waals surface area contributed by atoms with E-state index in [1.165, 1.54) is 32.4 Å². The summed E-state index contributed by atoms with van der Waals surface area (Å²) in [5.41, 5.74) is 7.00. The first-order valence-corrected chi connectivity index (χ1v) is 7.86. The molecule has 2 rings (SSSR count). The molecule has 1 unspecified atom stereocenters. The molecule has 1 atom stereocenters. The minimum atomic E-state index is 0.0387. The van der Waals surface area contributed by atoms with Crippen molar-refractivity contribution < 1.29 is 4.74 Å². The van der Waals surface area contributed by atoms with E-state index in [9.17, 15) is 0 Å². The van der Waals surface area contributed by atoms with Gasteiger partial charge in [0.2, 0.25) is 0 Å². The molecule has 0 saturated carbocycles. The monoisotopic (exact) mass is 326 g/mol. The average Bonchev–Trinajstić information content (AvgIpc) is 2.39. The summed E-state index contributed by atoms with van der Waals surface area (Å²) in [6, 6.07) is 6.08. The molecular formula is C15H23BrN2O. The molecule has 1 aromatic carbocycles. The van der Waals surface area contributed by atoms with E-state index in [0.717, 1.165) is 28.9 Å². The Morgan fingerprint density at radius 1 is 1.32 bits per heavy atom. The van der Waals surface area contributed by atoms with Gasteiger partial charge in [-0.05, 0) is 50.6 Å². The molecule has 1 fully saturated rings. The van der Waals surface area contributed by atoms with Gasteiger partial charge in [0.1, 0.15) is 12.4 Å². The Kier molecular flexibility index (Phi) is 5.67. The van der Waals surface area contributed by atoms with E-state index in [2.05, 4.69) is 20.8 Å². The van der Waals surface area contributed by atoms with Crippen LogP contribution in [0.25, 0.3) is 0 Å². The second-order valence-electron chi connectivity index (χ2n) is 5.22. The highest BCUT2D eigenvalue weighted by Gasteiger charge is 2.10. The Labute approximate surface area is 124 Å². The van der Waals surface area contributed by atoms with E-state index >= 15 is 0 Å². The van der Waals surface area contributed by atoms with Crippen LogP contribution in [0.5, 0.6) is 5.75 Å². The van der Waals surface area contributed by atoms with Gasteiger partial charge in [-0.25, -0.2) is 0 Å². The lowest BCUT2D eigenvalue weighted by Gasteiger charge is -2.26. The van der Waals surface area contributed by atoms with Crippen LogP contribution < -0.4 is 10.5 Å². The molecule has 106 valence electrons. The molecule has 3 nitrogen and oxygen atoms in total. The lowest BCUT2D eigenvalue weighted by molar-refractivity contribution is 0.183. The molecule has 0 amide bonds. The minimum absolute atomic E-state index is 0.0387. The van der Waals surface area contributed by atoms with Gasteiger partial charge < -0.3 is 10.5 Å². The summed E-state index contributed by atoms with van der Waals surface area (Å²) in [6.07, 6.45) is 4.03. The van der Waals surface area contributed by atoms with E-state index in [1.54, 1.807) is 0 Å². The molecule has 0 spiro atoms. The second-order valence-corrected chi connectivity index (χ2v) is 6.08. The first-order chi connectivity index (χ1) is 9.16. The van der Waals surface area contributed by atoms with Crippen molar-refractivity contribution in [3.63, 3.8) is 0 Å². The number of piperidine rings is 1. The summed E-state index contributed by atoms with van der Waals surface area (Å²) in [4.78, 5) is 2.48. The molecule has 0 aliphatic carbocycles. The normalized spacial score (nSPS) is 18.3. The fourth-order valence-electron chi connectivity index (χ4n) is 2.44. The van der Waals surface area contributed by atoms with Crippen LogP contribution in [0, 0.1) is 0 Å². The predicted octanol–water partition coefficient (Wildman–Crippen LogP) is 3.33. The van der Waals surface area contributed by atoms with E-state index < -0.39 is 0 Å². The molecule has 4 heteroatoms. The highest BCUT2D eigenvalue weighted by Crippen LogP contribution is 2.26. The molecule has 1 aliphatic heterocycles. The standard InChI is InChI=1S/C15H23BrN2O/c1-12(17)14-6-5-13(11-15(14)16)19-10-9-18-7-3-2-4-8-18/h5-6,11-12H,2-4,7-10,17H2,1H3. The number of halogens is 1. The Bertz CT molecular complexity index is 403. The van der Waals surface area contributed by atoms with Gasteiger partial charge in [-0.2, -0.15) is 0 Å². The maximum Gasteiger partial charge on any atom is 0.120 e. The van der Waals surface area contributed by atoms with Crippen molar-refractivity contribution in [2.45, 2.75) is 32.2 Å². The third-order valence-electron chi connectivity index (χ3n) is 3.59. The van der Waals surface area contributed by atoms with E-state index in [1.807, 2.05) is 25.1 Å². The zero-order chi connectivity index (χ0) is 13.7. The van der Waals surface area contributed by atoms with E-state index in [4.69, 9.17) is 10.5 Å². The number of hydrogen-bond donors (Lipinski definition) is 1. The highest BCUT2D eigenvalue weighted by molar-refractivity contribution is 9.10. The van der Waals surface area contributed by atoms with Gasteiger partial charge in [0.15, 0.2) is 0 Å². The molecule has 0 radical (unpaired) electrons. The van der Waals surface area contributed by atoms with Gasteiger partial charge in [0, 0.05) is 17.1 Å². The molecule has 2 N–H and O–H groups in total. The van der Waals surface area contributed by atoms with Gasteiger partial charge in [0.05, 0.1) is 0 Å². The minimum Gasteiger partial charge on any atom is -0.492 e. The number of ether oxygens (including phenoxy) is 1. The summed E-state index contributed by atoms with van der Waals surface area (Å²) in [6.45, 7) is 6.20. The lowest BCUT2D eigenvalue weighted by Crippen LogP contribution is -2.33. The smallest absolute Gasteiger partial charge is 0.120 e. The predicted molar refractivity (Wildman–Crippen MR) is 82.5 cm³/mol. The summed E-state index contributed by atoms with van der Waals surface area (Å²) >= 11 is 3.55. The van der Waals surface area contributed by atoms with Crippen molar-refractivity contribution in [3.05, 3.63) is 28.2 Å². The summed E-state index contributed by atoms with van der Waals surface area (Å²) < 4.78 is 6.84. The summed E-state index contributed by atoms with van der Waals surface area (Å²) in [5, 5.41) is 0. The fourth-order valence-corrected chi connectivity index (χ4v) is 3.16. The van der Waals surface area contributed by atoms with Crippen LogP contribution in [-0.2, 0) is 0 Å². The number of rotatable bonds is 5. The van der Waals surface area contributed by atoms with Crippen LogP contribution in [0.4, 0.5) is 0 Å². The zero-order valence-corrected chi connectivity index (χ0v) is 13.2. The molecule has 0 bridgehead atoms. The highest BCUT2D eigenvalue weighted by atomic mass is 79.9. The zero-order valence-electron chi connectivity index (χ0n) is 11.6. The van der Waals surface area contributed by atoms with Crippen LogP contribution in [0.1, 0.15) is 37.8 Å². The van der Waals surface area contributed by atoms with Crippen LogP contribution in [-0.4, -0.2) is 31.1 Å². The number of nitrogens with zero attached hydrogens (tertiary/aromatic N) is 1. The van der Waals surface area contributed by atoms with Crippen molar-refractivity contribution in [2.24, 2.45) is 5.73 Å². The number of likely N-dealkylation sites (tertiary alicyclic amines) is 1. The number of nitrogens with two attached hydrogens (primary N) is 1. The molecule has 1 aliphatic rings. The Hall–Kier alpha value is -0.580. The van der Waals surface area contributed by atoms with Crippen molar-refractivity contribution >= 4 is 15.9 Å². The third-order valence-corrected chi connectivity index (χ3v) is 4.27. The van der Waals surface area contributed by atoms with E-state index in [0.29, 0.717) is 0 Å². The number of benzene rings is 1. The third kappa shape index (κ3) is 4.48. The maximum absolute atomic E-state index is 5.88. The van der Waals surface area contributed by atoms with Crippen molar-refractivity contribution in [1.29, 1.82) is 0 Å². The Morgan fingerprint density at radius 3 is 2.68 bits per heavy atom. The van der Waals surface area contributed by atoms with Crippen molar-refractivity contribution in [3.8, 4) is 5.75 Å². The Balaban J connectivity index is 1.81. The molecule has 1 aromatic rings. The summed E-state index contributed by atoms with van der Waals surface area (Å²) in [5.74, 6) is 0.910. The largest absolute Gasteiger partial charge is 0.492 e. The molecule has 1 saturated heterocycles. The van der Waals surface area contributed by atoms with Crippen molar-refractivity contribution in [1.82, 2.24) is 4.90 Å². The maximum atomic E-state index is 5.88. The van der Waals surface area contributed by atoms with Crippen LogP contribution in [0.2, 0.25) is 0 Å². The van der Waals surface area contributed by atoms with E-state index in [-0.39, 0.29) is 6.04 Å². The van der Waals surface area contributed by atoms with Crippen LogP contribution in [0.15, 0.2) is 22.7 Å². The molecule has 0 aromatic heterocycles. The lowest BCUT2D eigenvalue weighted by atomic mass is 10.1. The molecule has 1 heterocycles. The topological polar surface area (TPSA) is 38.5 Å². The van der Waals surface area contributed by atoms with Crippen LogP contribution >= 0.6 is 15.9 Å². The van der Waals surface area contributed by atoms with Crippen molar-refractivity contribution in [2.75, 3.05) is 26.2 Å². The first-order valence-electron chi connectivity index (χ1n) is 7.07. The number of hydrogen-bond acceptors (Lipinski definition) is 3. The van der Waals surface area contributed by atoms with Gasteiger partial charge in [-0.3, -0.25) is 4.90 Å². The van der Waals surface area contributed by atoms with Gasteiger partial charge >= 0.3 is 0 Å². The molecular weight excluding hydrogens is 304 g/mol. The van der Waals surface area contributed by atoms with Gasteiger partial charge in [-0.15, -0.1) is 0 Å².